The largest absolute Gasteiger partial charge is 0.506 e. The first-order chi connectivity index (χ1) is 10.8. The van der Waals surface area contributed by atoms with Crippen LogP contribution < -0.4 is 5.32 Å². The van der Waals surface area contributed by atoms with Crippen LogP contribution in [0.15, 0.2) is 53.4 Å². The number of aryl methyl sites for hydroxylation is 1. The van der Waals surface area contributed by atoms with Gasteiger partial charge in [0.2, 0.25) is 0 Å². The fraction of sp³-hybridized carbons (Fsp3) is 0.143. The number of aliphatic hydroxyl groups excluding tert-OH is 1. The van der Waals surface area contributed by atoms with Gasteiger partial charge < -0.3 is 5.11 Å². The van der Waals surface area contributed by atoms with E-state index in [0.29, 0.717) is 5.13 Å². The molecule has 7 nitrogen and oxygen atoms in total. The van der Waals surface area contributed by atoms with E-state index in [4.69, 9.17) is 0 Å². The number of nitrogens with one attached hydrogen (secondary N) is 1. The third kappa shape index (κ3) is 4.08. The second kappa shape index (κ2) is 6.80. The van der Waals surface area contributed by atoms with Gasteiger partial charge in [-0.1, -0.05) is 18.2 Å². The van der Waals surface area contributed by atoms with Crippen molar-refractivity contribution in [3.8, 4) is 0 Å². The second-order valence-electron chi connectivity index (χ2n) is 4.55. The highest BCUT2D eigenvalue weighted by Gasteiger charge is 2.27. The first-order valence-corrected chi connectivity index (χ1v) is 8.80. The minimum Gasteiger partial charge on any atom is -0.506 e. The highest BCUT2D eigenvalue weighted by atomic mass is 32.2. The van der Waals surface area contributed by atoms with Crippen LogP contribution in [-0.4, -0.2) is 35.8 Å². The number of likely N-dealkylation sites (N-methyl/N-ethyl adjacent to an activating group) is 1. The molecule has 1 aromatic heterocycles. The molecule has 0 unspecified atom stereocenters. The Balaban J connectivity index is 2.44. The molecule has 1 aromatic rings. The van der Waals surface area contributed by atoms with E-state index in [1.54, 1.807) is 6.20 Å². The summed E-state index contributed by atoms with van der Waals surface area (Å²) in [6, 6.07) is 0. The molecule has 0 saturated carbocycles. The van der Waals surface area contributed by atoms with Crippen molar-refractivity contribution in [1.29, 1.82) is 0 Å². The van der Waals surface area contributed by atoms with Gasteiger partial charge in [-0.15, -0.1) is 11.3 Å². The molecular formula is C14H15N3O4S2. The molecule has 0 spiro atoms. The summed E-state index contributed by atoms with van der Waals surface area (Å²) in [5.74, 6) is -1.24. The minimum absolute atomic E-state index is 0.315. The van der Waals surface area contributed by atoms with Crippen LogP contribution in [0.1, 0.15) is 4.88 Å². The zero-order valence-corrected chi connectivity index (χ0v) is 14.1. The molecule has 2 rings (SSSR count). The summed E-state index contributed by atoms with van der Waals surface area (Å²) in [6.07, 6.45) is 8.68. The molecule has 23 heavy (non-hydrogen) atoms. The Bertz CT molecular complexity index is 832. The van der Waals surface area contributed by atoms with E-state index in [1.165, 1.54) is 48.8 Å². The van der Waals surface area contributed by atoms with Gasteiger partial charge in [0.15, 0.2) is 10.8 Å². The monoisotopic (exact) mass is 353 g/mol. The maximum Gasteiger partial charge on any atom is 0.278 e. The summed E-state index contributed by atoms with van der Waals surface area (Å²) in [5, 5.41) is 13.8. The number of carbonyl (C=O) groups is 1. The molecule has 0 saturated heterocycles. The molecule has 0 radical (unpaired) electrons. The molecule has 1 aliphatic rings. The number of aromatic nitrogens is 1. The van der Waals surface area contributed by atoms with Crippen molar-refractivity contribution in [1.82, 2.24) is 9.29 Å². The Labute approximate surface area is 138 Å². The summed E-state index contributed by atoms with van der Waals surface area (Å²) in [6.45, 7) is 1.82. The van der Waals surface area contributed by atoms with Gasteiger partial charge in [-0.05, 0) is 19.1 Å². The molecule has 1 aliphatic heterocycles. The number of amides is 1. The Morgan fingerprint density at radius 1 is 1.30 bits per heavy atom. The first kappa shape index (κ1) is 17.0. The zero-order valence-electron chi connectivity index (χ0n) is 12.4. The van der Waals surface area contributed by atoms with E-state index < -0.39 is 27.4 Å². The Kier molecular flexibility index (Phi) is 5.02. The second-order valence-corrected chi connectivity index (χ2v) is 7.63. The average Bonchev–Trinajstić information content (AvgIpc) is 2.87. The predicted molar refractivity (Wildman–Crippen MR) is 89.2 cm³/mol. The van der Waals surface area contributed by atoms with E-state index in [-0.39, 0.29) is 0 Å². The molecule has 0 aliphatic carbocycles. The zero-order chi connectivity index (χ0) is 17.0. The lowest BCUT2D eigenvalue weighted by molar-refractivity contribution is -0.113. The Morgan fingerprint density at radius 3 is 2.65 bits per heavy atom. The summed E-state index contributed by atoms with van der Waals surface area (Å²) in [4.78, 5) is 17.3. The molecule has 1 amide bonds. The number of aliphatic hydroxyl groups is 1. The molecule has 2 N–H and O–H groups in total. The van der Waals surface area contributed by atoms with Crippen molar-refractivity contribution in [2.45, 2.75) is 6.92 Å². The van der Waals surface area contributed by atoms with Gasteiger partial charge in [0.25, 0.3) is 15.9 Å². The van der Waals surface area contributed by atoms with Crippen LogP contribution in [-0.2, 0) is 14.8 Å². The number of hydrogen-bond donors (Lipinski definition) is 2. The van der Waals surface area contributed by atoms with E-state index in [1.807, 2.05) is 6.92 Å². The van der Waals surface area contributed by atoms with Crippen molar-refractivity contribution in [2.24, 2.45) is 0 Å². The number of anilines is 1. The quantitative estimate of drug-likeness (QED) is 0.848. The van der Waals surface area contributed by atoms with Crippen LogP contribution in [0, 0.1) is 6.92 Å². The standard InChI is InChI=1S/C14H15N3O4S2/c1-10-9-15-14(22-10)16-13(19)12-11(18)7-5-3-4-6-8-23(20,21)17(12)2/h3-9,18H,1-2H3,(H,15,16,19)/b4-3-,7-5+,8-6+,12-11+. The van der Waals surface area contributed by atoms with Crippen molar-refractivity contribution in [3.05, 3.63) is 58.3 Å². The number of allylic oxidation sites excluding steroid dienone is 5. The van der Waals surface area contributed by atoms with Gasteiger partial charge in [0, 0.05) is 18.1 Å². The van der Waals surface area contributed by atoms with E-state index in [2.05, 4.69) is 10.3 Å². The molecule has 9 heteroatoms. The Morgan fingerprint density at radius 2 is 2.00 bits per heavy atom. The number of rotatable bonds is 2. The van der Waals surface area contributed by atoms with Crippen LogP contribution in [0.5, 0.6) is 0 Å². The molecule has 0 bridgehead atoms. The van der Waals surface area contributed by atoms with E-state index >= 15 is 0 Å². The topological polar surface area (TPSA) is 99.6 Å². The summed E-state index contributed by atoms with van der Waals surface area (Å²) in [5.41, 5.74) is -0.394. The van der Waals surface area contributed by atoms with Crippen LogP contribution in [0.3, 0.4) is 0 Å². The number of sulfonamides is 1. The maximum atomic E-state index is 12.4. The summed E-state index contributed by atoms with van der Waals surface area (Å²) in [7, 11) is -2.71. The van der Waals surface area contributed by atoms with Gasteiger partial charge in [-0.25, -0.2) is 13.4 Å². The van der Waals surface area contributed by atoms with Gasteiger partial charge in [-0.3, -0.25) is 14.4 Å². The fourth-order valence-corrected chi connectivity index (χ4v) is 3.27. The first-order valence-electron chi connectivity index (χ1n) is 6.48. The highest BCUT2D eigenvalue weighted by Crippen LogP contribution is 2.21. The molecule has 0 atom stereocenters. The SMILES string of the molecule is Cc1cnc(NC(=O)/C2=C(O)/C=C/C=C\C=C\S(=O)(=O)N2C)s1. The van der Waals surface area contributed by atoms with E-state index in [9.17, 15) is 18.3 Å². The molecular weight excluding hydrogens is 338 g/mol. The van der Waals surface area contributed by atoms with Crippen molar-refractivity contribution >= 4 is 32.4 Å². The lowest BCUT2D eigenvalue weighted by Crippen LogP contribution is -2.33. The Hall–Kier alpha value is -2.39. The van der Waals surface area contributed by atoms with Crippen LogP contribution in [0.25, 0.3) is 0 Å². The van der Waals surface area contributed by atoms with Gasteiger partial charge in [0.05, 0.1) is 5.41 Å². The summed E-state index contributed by atoms with van der Waals surface area (Å²) < 4.78 is 25.1. The third-order valence-corrected chi connectivity index (χ3v) is 5.11. The van der Waals surface area contributed by atoms with Crippen LogP contribution in [0.4, 0.5) is 5.13 Å². The molecule has 0 aromatic carbocycles. The van der Waals surface area contributed by atoms with Crippen LogP contribution >= 0.6 is 11.3 Å². The lowest BCUT2D eigenvalue weighted by atomic mass is 10.3. The number of hydrogen-bond acceptors (Lipinski definition) is 6. The summed E-state index contributed by atoms with van der Waals surface area (Å²) >= 11 is 1.24. The highest BCUT2D eigenvalue weighted by molar-refractivity contribution is 7.92. The predicted octanol–water partition coefficient (Wildman–Crippen LogP) is 2.06. The number of nitrogens with zero attached hydrogens (tertiary/aromatic N) is 2. The molecule has 122 valence electrons. The minimum atomic E-state index is -3.90. The van der Waals surface area contributed by atoms with Crippen LogP contribution in [0.2, 0.25) is 0 Å². The third-order valence-electron chi connectivity index (χ3n) is 2.83. The molecule has 0 fully saturated rings. The number of carbonyl (C=O) groups excluding carboxylic acids is 1. The van der Waals surface area contributed by atoms with Gasteiger partial charge in [0.1, 0.15) is 5.76 Å². The lowest BCUT2D eigenvalue weighted by Gasteiger charge is -2.20. The van der Waals surface area contributed by atoms with Gasteiger partial charge >= 0.3 is 0 Å². The maximum absolute atomic E-state index is 12.4. The fourth-order valence-electron chi connectivity index (χ4n) is 1.71. The van der Waals surface area contributed by atoms with Crippen molar-refractivity contribution in [3.63, 3.8) is 0 Å². The molecule has 2 heterocycles. The average molecular weight is 353 g/mol. The normalized spacial score (nSPS) is 24.7. The van der Waals surface area contributed by atoms with Crippen molar-refractivity contribution < 1.29 is 18.3 Å². The van der Waals surface area contributed by atoms with Crippen molar-refractivity contribution in [2.75, 3.05) is 12.4 Å². The van der Waals surface area contributed by atoms with Gasteiger partial charge in [-0.2, -0.15) is 0 Å². The van der Waals surface area contributed by atoms with E-state index in [0.717, 1.165) is 14.6 Å². The number of thiazole rings is 1. The smallest absolute Gasteiger partial charge is 0.278 e.